The lowest BCUT2D eigenvalue weighted by Crippen LogP contribution is -2.45. The molecule has 2 unspecified atom stereocenters. The Morgan fingerprint density at radius 3 is 2.44 bits per heavy atom. The molecule has 2 atom stereocenters. The number of rotatable bonds is 8. The van der Waals surface area contributed by atoms with Crippen molar-refractivity contribution < 1.29 is 24.2 Å². The highest BCUT2D eigenvalue weighted by molar-refractivity contribution is 5.85. The van der Waals surface area contributed by atoms with Gasteiger partial charge >= 0.3 is 5.97 Å². The van der Waals surface area contributed by atoms with Gasteiger partial charge in [0.05, 0.1) is 0 Å². The largest absolute Gasteiger partial charge is 0.480 e. The van der Waals surface area contributed by atoms with Gasteiger partial charge in [0.25, 0.3) is 0 Å². The highest BCUT2D eigenvalue weighted by Crippen LogP contribution is 1.99. The Kier molecular flexibility index (Phi) is 7.49. The SMILES string of the molecule is COCCCC(NC(=O)C(C)OC)C(=O)O. The summed E-state index contributed by atoms with van der Waals surface area (Å²) in [5, 5.41) is 11.3. The van der Waals surface area contributed by atoms with Gasteiger partial charge in [-0.25, -0.2) is 4.79 Å². The Bertz CT molecular complexity index is 231. The molecular weight excluding hydrogens is 214 g/mol. The van der Waals surface area contributed by atoms with Crippen LogP contribution in [0.5, 0.6) is 0 Å². The third-order valence-electron chi connectivity index (χ3n) is 2.18. The van der Waals surface area contributed by atoms with Crippen LogP contribution in [0.4, 0.5) is 0 Å². The van der Waals surface area contributed by atoms with Crippen molar-refractivity contribution in [2.75, 3.05) is 20.8 Å². The highest BCUT2D eigenvalue weighted by Gasteiger charge is 2.22. The van der Waals surface area contributed by atoms with Crippen LogP contribution in [0.25, 0.3) is 0 Å². The number of carbonyl (C=O) groups is 2. The molecule has 0 aromatic rings. The van der Waals surface area contributed by atoms with E-state index >= 15 is 0 Å². The number of hydrogen-bond donors (Lipinski definition) is 2. The Labute approximate surface area is 94.9 Å². The lowest BCUT2D eigenvalue weighted by atomic mass is 10.1. The molecule has 0 rings (SSSR count). The van der Waals surface area contributed by atoms with Gasteiger partial charge in [0.2, 0.25) is 5.91 Å². The average Bonchev–Trinajstić information content (AvgIpc) is 2.26. The lowest BCUT2D eigenvalue weighted by Gasteiger charge is -2.16. The molecule has 1 amide bonds. The van der Waals surface area contributed by atoms with Crippen LogP contribution in [-0.4, -0.2) is 50.0 Å². The molecule has 0 aliphatic carbocycles. The van der Waals surface area contributed by atoms with E-state index in [-0.39, 0.29) is 0 Å². The molecule has 94 valence electrons. The summed E-state index contributed by atoms with van der Waals surface area (Å²) in [6.45, 7) is 2.03. The third kappa shape index (κ3) is 5.67. The minimum atomic E-state index is -1.05. The molecule has 0 heterocycles. The maximum absolute atomic E-state index is 11.4. The summed E-state index contributed by atoms with van der Waals surface area (Å²) >= 11 is 0. The van der Waals surface area contributed by atoms with Gasteiger partial charge in [-0.2, -0.15) is 0 Å². The van der Waals surface area contributed by atoms with E-state index in [1.807, 2.05) is 0 Å². The molecule has 0 saturated heterocycles. The summed E-state index contributed by atoms with van der Waals surface area (Å²) in [7, 11) is 2.94. The average molecular weight is 233 g/mol. The van der Waals surface area contributed by atoms with Gasteiger partial charge in [0.1, 0.15) is 12.1 Å². The molecule has 0 radical (unpaired) electrons. The van der Waals surface area contributed by atoms with Gasteiger partial charge in [-0.05, 0) is 19.8 Å². The normalized spacial score (nSPS) is 14.2. The molecule has 6 nitrogen and oxygen atoms in total. The van der Waals surface area contributed by atoms with Gasteiger partial charge in [-0.3, -0.25) is 4.79 Å². The Morgan fingerprint density at radius 1 is 1.38 bits per heavy atom. The van der Waals surface area contributed by atoms with E-state index in [4.69, 9.17) is 14.6 Å². The first kappa shape index (κ1) is 14.9. The number of carbonyl (C=O) groups excluding carboxylic acids is 1. The zero-order chi connectivity index (χ0) is 12.6. The predicted octanol–water partition coefficient (Wildman–Crippen LogP) is 0.0173. The first-order valence-corrected chi connectivity index (χ1v) is 5.07. The number of aliphatic carboxylic acids is 1. The summed E-state index contributed by atoms with van der Waals surface area (Å²) in [5.74, 6) is -1.47. The molecule has 16 heavy (non-hydrogen) atoms. The standard InChI is InChI=1S/C10H19NO5/c1-7(16-3)9(12)11-8(10(13)14)5-4-6-15-2/h7-8H,4-6H2,1-3H3,(H,11,12)(H,13,14). The number of ether oxygens (including phenoxy) is 2. The maximum Gasteiger partial charge on any atom is 0.326 e. The summed E-state index contributed by atoms with van der Waals surface area (Å²) < 4.78 is 9.60. The van der Waals surface area contributed by atoms with Gasteiger partial charge < -0.3 is 19.9 Å². The summed E-state index contributed by atoms with van der Waals surface area (Å²) in [5.41, 5.74) is 0. The minimum absolute atomic E-state index is 0.339. The van der Waals surface area contributed by atoms with E-state index in [0.717, 1.165) is 0 Å². The second-order valence-electron chi connectivity index (χ2n) is 3.41. The number of hydrogen-bond acceptors (Lipinski definition) is 4. The van der Waals surface area contributed by atoms with Crippen LogP contribution < -0.4 is 5.32 Å². The summed E-state index contributed by atoms with van der Waals surface area (Å²) in [4.78, 5) is 22.2. The fourth-order valence-corrected chi connectivity index (χ4v) is 1.09. The topological polar surface area (TPSA) is 84.9 Å². The molecule has 0 aliphatic rings. The van der Waals surface area contributed by atoms with Crippen molar-refractivity contribution in [3.05, 3.63) is 0 Å². The summed E-state index contributed by atoms with van der Waals surface area (Å²) in [6, 6.07) is -0.889. The number of carboxylic acid groups (broad SMARTS) is 1. The monoisotopic (exact) mass is 233 g/mol. The van der Waals surface area contributed by atoms with E-state index < -0.39 is 24.0 Å². The second-order valence-corrected chi connectivity index (χ2v) is 3.41. The second kappa shape index (κ2) is 8.06. The van der Waals surface area contributed by atoms with Crippen molar-refractivity contribution in [3.8, 4) is 0 Å². The molecule has 0 saturated carbocycles. The fourth-order valence-electron chi connectivity index (χ4n) is 1.09. The van der Waals surface area contributed by atoms with E-state index in [1.54, 1.807) is 14.0 Å². The van der Waals surface area contributed by atoms with Gasteiger partial charge in [-0.15, -0.1) is 0 Å². The molecule has 2 N–H and O–H groups in total. The molecule has 0 fully saturated rings. The van der Waals surface area contributed by atoms with Crippen LogP contribution in [0.3, 0.4) is 0 Å². The van der Waals surface area contributed by atoms with Crippen molar-refractivity contribution in [2.45, 2.75) is 31.9 Å². The molecule has 0 bridgehead atoms. The predicted molar refractivity (Wildman–Crippen MR) is 57.1 cm³/mol. The number of nitrogens with one attached hydrogen (secondary N) is 1. The number of carboxylic acids is 1. The highest BCUT2D eigenvalue weighted by atomic mass is 16.5. The Balaban J connectivity index is 4.12. The minimum Gasteiger partial charge on any atom is -0.480 e. The molecule has 6 heteroatoms. The first-order chi connectivity index (χ1) is 7.52. The third-order valence-corrected chi connectivity index (χ3v) is 2.18. The van der Waals surface area contributed by atoms with E-state index in [2.05, 4.69) is 5.32 Å². The van der Waals surface area contributed by atoms with Crippen molar-refractivity contribution in [3.63, 3.8) is 0 Å². The quantitative estimate of drug-likeness (QED) is 0.577. The Hall–Kier alpha value is -1.14. The molecule has 0 aromatic carbocycles. The van der Waals surface area contributed by atoms with Crippen molar-refractivity contribution in [1.82, 2.24) is 5.32 Å². The summed E-state index contributed by atoms with van der Waals surface area (Å²) in [6.07, 6.45) is 0.268. The van der Waals surface area contributed by atoms with Crippen molar-refractivity contribution in [1.29, 1.82) is 0 Å². The molecule has 0 spiro atoms. The fraction of sp³-hybridized carbons (Fsp3) is 0.800. The zero-order valence-electron chi connectivity index (χ0n) is 9.86. The zero-order valence-corrected chi connectivity index (χ0v) is 9.86. The van der Waals surface area contributed by atoms with E-state index in [9.17, 15) is 9.59 Å². The van der Waals surface area contributed by atoms with Crippen LogP contribution in [0.15, 0.2) is 0 Å². The van der Waals surface area contributed by atoms with Crippen molar-refractivity contribution >= 4 is 11.9 Å². The van der Waals surface area contributed by atoms with Crippen LogP contribution in [0.1, 0.15) is 19.8 Å². The van der Waals surface area contributed by atoms with Crippen LogP contribution >= 0.6 is 0 Å². The molecular formula is C10H19NO5. The van der Waals surface area contributed by atoms with Gasteiger partial charge in [0.15, 0.2) is 0 Å². The lowest BCUT2D eigenvalue weighted by molar-refractivity contribution is -0.143. The smallest absolute Gasteiger partial charge is 0.326 e. The number of methoxy groups -OCH3 is 2. The molecule has 0 aliphatic heterocycles. The van der Waals surface area contributed by atoms with Crippen LogP contribution in [-0.2, 0) is 19.1 Å². The van der Waals surface area contributed by atoms with Crippen molar-refractivity contribution in [2.24, 2.45) is 0 Å². The Morgan fingerprint density at radius 2 is 2.00 bits per heavy atom. The first-order valence-electron chi connectivity index (χ1n) is 5.07. The van der Waals surface area contributed by atoms with E-state index in [0.29, 0.717) is 19.4 Å². The molecule has 0 aromatic heterocycles. The number of amides is 1. The van der Waals surface area contributed by atoms with Gasteiger partial charge in [0, 0.05) is 20.8 Å². The van der Waals surface area contributed by atoms with Crippen LogP contribution in [0, 0.1) is 0 Å². The maximum atomic E-state index is 11.4. The van der Waals surface area contributed by atoms with Gasteiger partial charge in [-0.1, -0.05) is 0 Å². The van der Waals surface area contributed by atoms with Crippen LogP contribution in [0.2, 0.25) is 0 Å². The van der Waals surface area contributed by atoms with E-state index in [1.165, 1.54) is 7.11 Å².